The minimum absolute atomic E-state index is 0.197. The molecule has 28 heavy (non-hydrogen) atoms. The Bertz CT molecular complexity index is 1060. The van der Waals surface area contributed by atoms with Gasteiger partial charge in [0.05, 0.1) is 28.5 Å². The van der Waals surface area contributed by atoms with Crippen LogP contribution in [0.2, 0.25) is 10.0 Å². The first-order valence-corrected chi connectivity index (χ1v) is 8.78. The number of thiocarbonyl (C=S) groups is 1. The monoisotopic (exact) mass is 448 g/mol. The van der Waals surface area contributed by atoms with Crippen LogP contribution in [0.25, 0.3) is 0 Å². The molecule has 0 aliphatic heterocycles. The van der Waals surface area contributed by atoms with Crippen molar-refractivity contribution in [2.45, 2.75) is 6.54 Å². The van der Waals surface area contributed by atoms with E-state index in [-0.39, 0.29) is 11.2 Å². The normalized spacial score (nSPS) is 10.8. The standard InChI is InChI=1S/C17H10Cl2F4N4S/c18-11-2-1-8(3-12(11)19)25-17(28)26-9-5-24-27(6-9)7-10-13(20)4-14(21)16(23)15(10)22/h1-6H,7H2,(H2,25,26,28). The molecular formula is C17H10Cl2F4N4S. The third-order valence-electron chi connectivity index (χ3n) is 3.60. The third-order valence-corrected chi connectivity index (χ3v) is 4.54. The molecule has 0 saturated carbocycles. The summed E-state index contributed by atoms with van der Waals surface area (Å²) in [6, 6.07) is 5.13. The molecule has 0 atom stereocenters. The van der Waals surface area contributed by atoms with Crippen molar-refractivity contribution < 1.29 is 17.6 Å². The van der Waals surface area contributed by atoms with Crippen molar-refractivity contribution in [2.24, 2.45) is 0 Å². The van der Waals surface area contributed by atoms with Gasteiger partial charge in [-0.25, -0.2) is 17.6 Å². The highest BCUT2D eigenvalue weighted by molar-refractivity contribution is 7.80. The zero-order valence-electron chi connectivity index (χ0n) is 13.7. The van der Waals surface area contributed by atoms with E-state index in [9.17, 15) is 17.6 Å². The summed E-state index contributed by atoms with van der Waals surface area (Å²) in [7, 11) is 0. The van der Waals surface area contributed by atoms with Crippen molar-refractivity contribution in [3.8, 4) is 0 Å². The van der Waals surface area contributed by atoms with Gasteiger partial charge in [0.2, 0.25) is 0 Å². The van der Waals surface area contributed by atoms with Gasteiger partial charge in [-0.15, -0.1) is 0 Å². The van der Waals surface area contributed by atoms with Crippen LogP contribution in [0.4, 0.5) is 28.9 Å². The van der Waals surface area contributed by atoms with Crippen molar-refractivity contribution in [2.75, 3.05) is 10.6 Å². The molecule has 11 heteroatoms. The molecule has 0 saturated heterocycles. The highest BCUT2D eigenvalue weighted by Crippen LogP contribution is 2.25. The van der Waals surface area contributed by atoms with Crippen LogP contribution in [0.5, 0.6) is 0 Å². The zero-order chi connectivity index (χ0) is 20.4. The van der Waals surface area contributed by atoms with Gasteiger partial charge in [0.15, 0.2) is 22.6 Å². The van der Waals surface area contributed by atoms with Crippen LogP contribution in [0.1, 0.15) is 5.56 Å². The zero-order valence-corrected chi connectivity index (χ0v) is 16.1. The number of hydrogen-bond donors (Lipinski definition) is 2. The highest BCUT2D eigenvalue weighted by atomic mass is 35.5. The quantitative estimate of drug-likeness (QED) is 0.236. The Labute approximate surface area is 172 Å². The van der Waals surface area contributed by atoms with E-state index in [0.717, 1.165) is 4.68 Å². The van der Waals surface area contributed by atoms with E-state index in [4.69, 9.17) is 35.4 Å². The van der Waals surface area contributed by atoms with Crippen molar-refractivity contribution in [1.29, 1.82) is 0 Å². The number of nitrogens with zero attached hydrogens (tertiary/aromatic N) is 2. The molecule has 0 unspecified atom stereocenters. The van der Waals surface area contributed by atoms with Crippen LogP contribution in [0.3, 0.4) is 0 Å². The molecule has 1 heterocycles. The van der Waals surface area contributed by atoms with Gasteiger partial charge in [-0.05, 0) is 30.4 Å². The number of benzene rings is 2. The molecule has 0 fully saturated rings. The second-order valence-corrected chi connectivity index (χ2v) is 6.80. The van der Waals surface area contributed by atoms with E-state index in [1.165, 1.54) is 12.4 Å². The van der Waals surface area contributed by atoms with Crippen molar-refractivity contribution in [3.63, 3.8) is 0 Å². The fraction of sp³-hybridized carbons (Fsp3) is 0.0588. The van der Waals surface area contributed by atoms with E-state index in [2.05, 4.69) is 15.7 Å². The summed E-state index contributed by atoms with van der Waals surface area (Å²) in [5, 5.41) is 10.5. The maximum absolute atomic E-state index is 13.8. The summed E-state index contributed by atoms with van der Waals surface area (Å²) in [6.45, 7) is -0.441. The lowest BCUT2D eigenvalue weighted by molar-refractivity contribution is 0.420. The molecule has 146 valence electrons. The van der Waals surface area contributed by atoms with Gasteiger partial charge in [0.25, 0.3) is 0 Å². The maximum Gasteiger partial charge on any atom is 0.194 e. The first kappa shape index (κ1) is 20.4. The second-order valence-electron chi connectivity index (χ2n) is 5.58. The van der Waals surface area contributed by atoms with E-state index < -0.39 is 35.4 Å². The minimum Gasteiger partial charge on any atom is -0.332 e. The number of rotatable bonds is 4. The SMILES string of the molecule is Fc1cc(F)c(Cn2cc(NC(=S)Nc3ccc(Cl)c(Cl)c3)cn2)c(F)c1F. The van der Waals surface area contributed by atoms with E-state index in [1.807, 2.05) is 0 Å². The minimum atomic E-state index is -1.74. The number of hydrogen-bond acceptors (Lipinski definition) is 2. The Morgan fingerprint density at radius 3 is 2.39 bits per heavy atom. The molecule has 2 N–H and O–H groups in total. The highest BCUT2D eigenvalue weighted by Gasteiger charge is 2.19. The lowest BCUT2D eigenvalue weighted by Crippen LogP contribution is -2.18. The molecule has 2 aromatic carbocycles. The Morgan fingerprint density at radius 2 is 1.68 bits per heavy atom. The molecule has 0 amide bonds. The molecule has 0 bridgehead atoms. The molecular weight excluding hydrogens is 439 g/mol. The fourth-order valence-corrected chi connectivity index (χ4v) is 2.83. The van der Waals surface area contributed by atoms with Crippen molar-refractivity contribution in [1.82, 2.24) is 9.78 Å². The fourth-order valence-electron chi connectivity index (χ4n) is 2.29. The number of halogens is 6. The maximum atomic E-state index is 13.8. The van der Waals surface area contributed by atoms with Gasteiger partial charge in [0, 0.05) is 23.5 Å². The molecule has 3 aromatic rings. The van der Waals surface area contributed by atoms with Crippen LogP contribution >= 0.6 is 35.4 Å². The predicted octanol–water partition coefficient (Wildman–Crippen LogP) is 5.60. The lowest BCUT2D eigenvalue weighted by atomic mass is 10.2. The van der Waals surface area contributed by atoms with Gasteiger partial charge in [0.1, 0.15) is 5.82 Å². The van der Waals surface area contributed by atoms with E-state index in [1.54, 1.807) is 18.2 Å². The smallest absolute Gasteiger partial charge is 0.194 e. The van der Waals surface area contributed by atoms with Crippen LogP contribution in [0, 0.1) is 23.3 Å². The average Bonchev–Trinajstić information content (AvgIpc) is 3.07. The van der Waals surface area contributed by atoms with Crippen LogP contribution in [-0.4, -0.2) is 14.9 Å². The van der Waals surface area contributed by atoms with Gasteiger partial charge >= 0.3 is 0 Å². The number of nitrogens with one attached hydrogen (secondary N) is 2. The topological polar surface area (TPSA) is 41.9 Å². The molecule has 3 rings (SSSR count). The van der Waals surface area contributed by atoms with Crippen molar-refractivity contribution >= 4 is 51.9 Å². The third kappa shape index (κ3) is 4.54. The van der Waals surface area contributed by atoms with Gasteiger partial charge in [-0.1, -0.05) is 23.2 Å². The van der Waals surface area contributed by atoms with Crippen molar-refractivity contribution in [3.05, 3.63) is 75.5 Å². The molecule has 4 nitrogen and oxygen atoms in total. The second kappa shape index (κ2) is 8.34. The molecule has 0 aliphatic rings. The van der Waals surface area contributed by atoms with Crippen LogP contribution < -0.4 is 10.6 Å². The lowest BCUT2D eigenvalue weighted by Gasteiger charge is -2.09. The Morgan fingerprint density at radius 1 is 0.964 bits per heavy atom. The van der Waals surface area contributed by atoms with Gasteiger partial charge in [-0.2, -0.15) is 5.10 Å². The predicted molar refractivity (Wildman–Crippen MR) is 104 cm³/mol. The van der Waals surface area contributed by atoms with Gasteiger partial charge in [-0.3, -0.25) is 4.68 Å². The summed E-state index contributed by atoms with van der Waals surface area (Å²) >= 11 is 16.9. The summed E-state index contributed by atoms with van der Waals surface area (Å²) in [5.41, 5.74) is 0.344. The average molecular weight is 449 g/mol. The van der Waals surface area contributed by atoms with Crippen LogP contribution in [0.15, 0.2) is 36.7 Å². The summed E-state index contributed by atoms with van der Waals surface area (Å²) in [4.78, 5) is 0. The molecule has 0 radical (unpaired) electrons. The first-order chi connectivity index (χ1) is 13.2. The molecule has 0 aliphatic carbocycles. The molecule has 0 spiro atoms. The Balaban J connectivity index is 1.68. The first-order valence-electron chi connectivity index (χ1n) is 7.62. The summed E-state index contributed by atoms with van der Waals surface area (Å²) in [6.07, 6.45) is 2.74. The Hall–Kier alpha value is -2.36. The summed E-state index contributed by atoms with van der Waals surface area (Å²) < 4.78 is 55.0. The summed E-state index contributed by atoms with van der Waals surface area (Å²) in [5.74, 6) is -6.15. The largest absolute Gasteiger partial charge is 0.332 e. The van der Waals surface area contributed by atoms with Crippen LogP contribution in [-0.2, 0) is 6.54 Å². The van der Waals surface area contributed by atoms with E-state index >= 15 is 0 Å². The van der Waals surface area contributed by atoms with Gasteiger partial charge < -0.3 is 10.6 Å². The number of anilines is 2. The Kier molecular flexibility index (Phi) is 6.07. The number of aromatic nitrogens is 2. The van der Waals surface area contributed by atoms with E-state index in [0.29, 0.717) is 21.4 Å². The molecule has 1 aromatic heterocycles.